The smallest absolute Gasteiger partial charge is 0.417 e. The van der Waals surface area contributed by atoms with Gasteiger partial charge in [0.25, 0.3) is 0 Å². The van der Waals surface area contributed by atoms with Crippen LogP contribution in [-0.2, 0) is 18.5 Å². The largest absolute Gasteiger partial charge is 0.460 e. The maximum absolute atomic E-state index is 6.69. The highest BCUT2D eigenvalue weighted by Crippen LogP contribution is 2.50. The summed E-state index contributed by atoms with van der Waals surface area (Å²) in [5, 5.41) is 1.30. The van der Waals surface area contributed by atoms with Crippen molar-refractivity contribution in [1.82, 2.24) is 0 Å². The van der Waals surface area contributed by atoms with Crippen molar-refractivity contribution in [3.63, 3.8) is 0 Å². The van der Waals surface area contributed by atoms with E-state index < -0.39 is 5.66 Å². The molecule has 0 saturated carbocycles. The quantitative estimate of drug-likeness (QED) is 0.294. The highest BCUT2D eigenvalue weighted by molar-refractivity contribution is 5.97. The summed E-state index contributed by atoms with van der Waals surface area (Å²) in [6.07, 6.45) is 9.16. The Hall–Kier alpha value is -3.72. The molecule has 0 amide bonds. The average Bonchev–Trinajstić information content (AvgIpc) is 3.47. The number of rotatable bonds is 0. The maximum atomic E-state index is 6.69. The summed E-state index contributed by atoms with van der Waals surface area (Å²) < 4.78 is 11.6. The van der Waals surface area contributed by atoms with E-state index in [0.717, 1.165) is 18.4 Å². The van der Waals surface area contributed by atoms with E-state index in [1.807, 2.05) is 0 Å². The number of aryl methyl sites for hydroxylation is 3. The van der Waals surface area contributed by atoms with E-state index >= 15 is 0 Å². The molecule has 1 spiro atoms. The zero-order valence-corrected chi connectivity index (χ0v) is 18.6. The fourth-order valence-corrected chi connectivity index (χ4v) is 6.69. The first-order valence-corrected chi connectivity index (χ1v) is 12.0. The summed E-state index contributed by atoms with van der Waals surface area (Å²) in [4.78, 5) is 0. The second-order valence-corrected chi connectivity index (χ2v) is 9.71. The van der Waals surface area contributed by atoms with Gasteiger partial charge in [0.1, 0.15) is 28.0 Å². The molecule has 5 heterocycles. The molecule has 1 atom stereocenters. The fraction of sp³-hybridized carbons (Fsp3) is 0.200. The third kappa shape index (κ3) is 1.98. The van der Waals surface area contributed by atoms with Gasteiger partial charge in [0.2, 0.25) is 11.4 Å². The van der Waals surface area contributed by atoms with Crippen LogP contribution < -0.4 is 9.13 Å². The van der Waals surface area contributed by atoms with Gasteiger partial charge in [-0.2, -0.15) is 0 Å². The van der Waals surface area contributed by atoms with Gasteiger partial charge in [0, 0.05) is 41.6 Å². The monoisotopic (exact) mass is 428 g/mol. The Kier molecular flexibility index (Phi) is 3.23. The molecular formula is C30H24N2O+2. The zero-order chi connectivity index (χ0) is 21.7. The standard InChI is InChI=1S/C30H24N2O/c1-19-15-17-32-26(18-19)28-24(14-13-21-20-8-3-5-12-27(20)33-29(21)28)30(32)23-10-4-2-9-22(23)25-11-6-7-16-31(25)30/h2,4,6-7,9-11,13-18H,3,5,8,12H2,1H3/q+2. The molecule has 0 fully saturated rings. The van der Waals surface area contributed by atoms with Crippen molar-refractivity contribution in [3.8, 4) is 22.5 Å². The third-order valence-electron chi connectivity index (χ3n) is 8.00. The molecule has 5 aromatic rings. The van der Waals surface area contributed by atoms with Crippen LogP contribution in [0.2, 0.25) is 0 Å². The van der Waals surface area contributed by atoms with Crippen LogP contribution in [0.5, 0.6) is 0 Å². The molecule has 0 N–H and O–H groups in total. The van der Waals surface area contributed by atoms with Gasteiger partial charge < -0.3 is 4.42 Å². The number of fused-ring (bicyclic) bond motifs is 14. The Bertz CT molecular complexity index is 1600. The molecule has 0 radical (unpaired) electrons. The van der Waals surface area contributed by atoms with Crippen LogP contribution in [0.4, 0.5) is 0 Å². The van der Waals surface area contributed by atoms with E-state index in [2.05, 4.69) is 95.2 Å². The van der Waals surface area contributed by atoms with Crippen LogP contribution in [0, 0.1) is 6.92 Å². The number of aromatic nitrogens is 2. The maximum Gasteiger partial charge on any atom is 0.417 e. The SMILES string of the molecule is Cc1cc[n+]2c(c1)-c1c(ccc3c4c(oc13)CCCC4)C21c2ccccc2-c2cccc[n+]21. The normalized spacial score (nSPS) is 19.3. The number of nitrogens with zero attached hydrogens (tertiary/aromatic N) is 2. The first-order chi connectivity index (χ1) is 16.3. The molecular weight excluding hydrogens is 404 g/mol. The second-order valence-electron chi connectivity index (χ2n) is 9.71. The van der Waals surface area contributed by atoms with Crippen molar-refractivity contribution >= 4 is 11.0 Å². The van der Waals surface area contributed by atoms with Gasteiger partial charge >= 0.3 is 5.66 Å². The van der Waals surface area contributed by atoms with Crippen molar-refractivity contribution in [2.24, 2.45) is 0 Å². The van der Waals surface area contributed by atoms with Gasteiger partial charge in [-0.3, -0.25) is 0 Å². The minimum Gasteiger partial charge on any atom is -0.460 e. The number of hydrogen-bond donors (Lipinski definition) is 0. The molecule has 3 aromatic heterocycles. The molecule has 0 bridgehead atoms. The summed E-state index contributed by atoms with van der Waals surface area (Å²) in [5.74, 6) is 1.20. The Morgan fingerprint density at radius 1 is 0.788 bits per heavy atom. The molecule has 3 heteroatoms. The van der Waals surface area contributed by atoms with Crippen molar-refractivity contribution in [3.05, 3.63) is 107 Å². The van der Waals surface area contributed by atoms with Crippen LogP contribution in [0.1, 0.15) is 40.9 Å². The second kappa shape index (κ2) is 5.99. The van der Waals surface area contributed by atoms with Crippen LogP contribution >= 0.6 is 0 Å². The average molecular weight is 429 g/mol. The molecule has 8 rings (SSSR count). The molecule has 0 saturated heterocycles. The minimum atomic E-state index is -0.451. The lowest BCUT2D eigenvalue weighted by molar-refractivity contribution is -0.955. The van der Waals surface area contributed by atoms with Crippen LogP contribution in [0.25, 0.3) is 33.5 Å². The molecule has 3 aliphatic rings. The van der Waals surface area contributed by atoms with Crippen molar-refractivity contribution in [1.29, 1.82) is 0 Å². The predicted octanol–water partition coefficient (Wildman–Crippen LogP) is 5.45. The van der Waals surface area contributed by atoms with Crippen molar-refractivity contribution in [2.75, 3.05) is 0 Å². The fourth-order valence-electron chi connectivity index (χ4n) is 6.69. The van der Waals surface area contributed by atoms with Gasteiger partial charge in [-0.15, -0.1) is 9.13 Å². The number of furan rings is 1. The van der Waals surface area contributed by atoms with Gasteiger partial charge in [0.15, 0.2) is 12.4 Å². The topological polar surface area (TPSA) is 20.9 Å². The Morgan fingerprint density at radius 3 is 2.61 bits per heavy atom. The highest BCUT2D eigenvalue weighted by Gasteiger charge is 2.67. The van der Waals surface area contributed by atoms with E-state index in [9.17, 15) is 0 Å². The van der Waals surface area contributed by atoms with E-state index in [1.54, 1.807) is 0 Å². The summed E-state index contributed by atoms with van der Waals surface area (Å²) in [6.45, 7) is 2.18. The summed E-state index contributed by atoms with van der Waals surface area (Å²) in [7, 11) is 0. The van der Waals surface area contributed by atoms with E-state index in [0.29, 0.717) is 0 Å². The molecule has 158 valence electrons. The Balaban J connectivity index is 1.59. The molecule has 2 aliphatic heterocycles. The third-order valence-corrected chi connectivity index (χ3v) is 8.00. The van der Waals surface area contributed by atoms with Gasteiger partial charge in [-0.1, -0.05) is 12.1 Å². The Morgan fingerprint density at radius 2 is 1.64 bits per heavy atom. The number of hydrogen-bond acceptors (Lipinski definition) is 1. The van der Waals surface area contributed by atoms with Crippen molar-refractivity contribution < 1.29 is 13.6 Å². The van der Waals surface area contributed by atoms with Gasteiger partial charge in [0.05, 0.1) is 5.56 Å². The van der Waals surface area contributed by atoms with Crippen LogP contribution in [-0.4, -0.2) is 0 Å². The van der Waals surface area contributed by atoms with Gasteiger partial charge in [-0.05, 0) is 62.1 Å². The van der Waals surface area contributed by atoms with E-state index in [-0.39, 0.29) is 0 Å². The summed E-state index contributed by atoms with van der Waals surface area (Å²) in [6, 6.07) is 24.7. The molecule has 1 aliphatic carbocycles. The lowest BCUT2D eigenvalue weighted by atomic mass is 9.88. The first kappa shape index (κ1) is 17.8. The molecule has 3 nitrogen and oxygen atoms in total. The van der Waals surface area contributed by atoms with E-state index in [1.165, 1.54) is 68.8 Å². The first-order valence-electron chi connectivity index (χ1n) is 12.0. The lowest BCUT2D eigenvalue weighted by Gasteiger charge is -2.17. The van der Waals surface area contributed by atoms with Gasteiger partial charge in [-0.25, -0.2) is 0 Å². The van der Waals surface area contributed by atoms with Crippen LogP contribution in [0.3, 0.4) is 0 Å². The zero-order valence-electron chi connectivity index (χ0n) is 18.6. The minimum absolute atomic E-state index is 0.451. The summed E-state index contributed by atoms with van der Waals surface area (Å²) in [5.41, 5.74) is 11.0. The van der Waals surface area contributed by atoms with Crippen molar-refractivity contribution in [2.45, 2.75) is 38.3 Å². The van der Waals surface area contributed by atoms with E-state index in [4.69, 9.17) is 4.42 Å². The van der Waals surface area contributed by atoms with Crippen LogP contribution in [0.15, 0.2) is 83.5 Å². The molecule has 2 aromatic carbocycles. The molecule has 1 unspecified atom stereocenters. The Labute approximate surface area is 192 Å². The molecule has 33 heavy (non-hydrogen) atoms. The number of pyridine rings is 2. The lowest BCUT2D eigenvalue weighted by Crippen LogP contribution is -2.71. The summed E-state index contributed by atoms with van der Waals surface area (Å²) >= 11 is 0. The predicted molar refractivity (Wildman–Crippen MR) is 127 cm³/mol. The number of benzene rings is 2. The highest BCUT2D eigenvalue weighted by atomic mass is 16.3.